The van der Waals surface area contributed by atoms with E-state index in [-0.39, 0.29) is 23.4 Å². The molecule has 2 N–H and O–H groups in total. The van der Waals surface area contributed by atoms with E-state index in [4.69, 9.17) is 9.41 Å². The molecule has 2 aliphatic carbocycles. The van der Waals surface area contributed by atoms with Crippen molar-refractivity contribution in [1.82, 2.24) is 14.7 Å². The Bertz CT molecular complexity index is 1040. The number of imidazole rings is 1. The predicted molar refractivity (Wildman–Crippen MR) is 130 cm³/mol. The smallest absolute Gasteiger partial charge is 0.192 e. The minimum absolute atomic E-state index is 0.221. The summed E-state index contributed by atoms with van der Waals surface area (Å²) in [5.41, 5.74) is 4.59. The van der Waals surface area contributed by atoms with Crippen LogP contribution in [0.25, 0.3) is 5.65 Å². The average molecular weight is 455 g/mol. The molecule has 4 aliphatic rings. The molecule has 4 fully saturated rings. The number of fused-ring (bicyclic) bond motifs is 2. The normalized spacial score (nSPS) is 32.7. The Hall–Kier alpha value is -1.41. The van der Waals surface area contributed by atoms with Gasteiger partial charge in [0, 0.05) is 31.4 Å². The van der Waals surface area contributed by atoms with Crippen molar-refractivity contribution in [2.45, 2.75) is 88.9 Å². The number of anilines is 1. The van der Waals surface area contributed by atoms with Crippen LogP contribution in [0, 0.1) is 11.8 Å². The molecule has 7 heteroatoms. The summed E-state index contributed by atoms with van der Waals surface area (Å²) in [6, 6.07) is 2.53. The third kappa shape index (κ3) is 3.52. The van der Waals surface area contributed by atoms with E-state index in [1.54, 1.807) is 0 Å². The van der Waals surface area contributed by atoms with E-state index >= 15 is 0 Å². The number of pyridine rings is 1. The van der Waals surface area contributed by atoms with Gasteiger partial charge in [0.15, 0.2) is 14.0 Å². The zero-order chi connectivity index (χ0) is 22.4. The van der Waals surface area contributed by atoms with E-state index in [0.29, 0.717) is 17.8 Å². The SMILES string of the molecule is CC(C)(C)[Si](C)(C)OC1CN[C@@H](c2cn3cc(C4CC4)cc(N4CC5CC5C4O)c3n2)C1. The second-order valence-electron chi connectivity index (χ2n) is 12.3. The summed E-state index contributed by atoms with van der Waals surface area (Å²) < 4.78 is 8.91. The van der Waals surface area contributed by atoms with Crippen LogP contribution < -0.4 is 10.2 Å². The van der Waals surface area contributed by atoms with Crippen molar-refractivity contribution in [1.29, 1.82) is 0 Å². The minimum Gasteiger partial charge on any atom is -0.413 e. The van der Waals surface area contributed by atoms with Gasteiger partial charge in [0.25, 0.3) is 0 Å². The molecule has 5 atom stereocenters. The van der Waals surface area contributed by atoms with Crippen LogP contribution in [0.1, 0.15) is 69.7 Å². The molecular formula is C25H38N4O2Si. The molecule has 2 aromatic rings. The molecule has 0 spiro atoms. The van der Waals surface area contributed by atoms with Crippen molar-refractivity contribution >= 4 is 19.7 Å². The average Bonchev–Trinajstić information content (AvgIpc) is 3.58. The lowest BCUT2D eigenvalue weighted by Crippen LogP contribution is -2.44. The van der Waals surface area contributed by atoms with Gasteiger partial charge >= 0.3 is 0 Å². The Morgan fingerprint density at radius 2 is 1.97 bits per heavy atom. The van der Waals surface area contributed by atoms with Crippen molar-refractivity contribution in [3.8, 4) is 0 Å². The Kier molecular flexibility index (Phi) is 4.65. The first kappa shape index (κ1) is 21.1. The number of nitrogens with zero attached hydrogens (tertiary/aromatic N) is 3. The number of rotatable bonds is 5. The number of aromatic nitrogens is 2. The van der Waals surface area contributed by atoms with Crippen LogP contribution in [-0.4, -0.2) is 48.2 Å². The fourth-order valence-electron chi connectivity index (χ4n) is 5.43. The Balaban J connectivity index is 1.28. The van der Waals surface area contributed by atoms with E-state index in [1.165, 1.54) is 24.8 Å². The first-order valence-electron chi connectivity index (χ1n) is 12.5. The molecule has 174 valence electrons. The maximum absolute atomic E-state index is 10.8. The molecular weight excluding hydrogens is 416 g/mol. The minimum atomic E-state index is -1.78. The van der Waals surface area contributed by atoms with E-state index < -0.39 is 8.32 Å². The molecule has 4 unspecified atom stereocenters. The summed E-state index contributed by atoms with van der Waals surface area (Å²) in [5, 5.41) is 14.7. The van der Waals surface area contributed by atoms with Crippen LogP contribution >= 0.6 is 0 Å². The summed E-state index contributed by atoms with van der Waals surface area (Å²) in [6.45, 7) is 13.4. The Labute approximate surface area is 192 Å². The quantitative estimate of drug-likeness (QED) is 0.655. The van der Waals surface area contributed by atoms with E-state index in [2.05, 4.69) is 66.9 Å². The Morgan fingerprint density at radius 1 is 1.19 bits per heavy atom. The largest absolute Gasteiger partial charge is 0.413 e. The van der Waals surface area contributed by atoms with Gasteiger partial charge in [0.2, 0.25) is 0 Å². The molecule has 0 aromatic carbocycles. The van der Waals surface area contributed by atoms with Crippen molar-refractivity contribution in [3.05, 3.63) is 29.7 Å². The molecule has 2 saturated heterocycles. The summed E-state index contributed by atoms with van der Waals surface area (Å²) in [7, 11) is -1.78. The molecule has 0 amide bonds. The number of hydrogen-bond donors (Lipinski definition) is 2. The van der Waals surface area contributed by atoms with Crippen LogP contribution in [0.3, 0.4) is 0 Å². The summed E-state index contributed by atoms with van der Waals surface area (Å²) >= 11 is 0. The van der Waals surface area contributed by atoms with Gasteiger partial charge < -0.3 is 24.1 Å². The second-order valence-corrected chi connectivity index (χ2v) is 17.0. The number of hydrogen-bond acceptors (Lipinski definition) is 5. The third-order valence-corrected chi connectivity index (χ3v) is 13.3. The fourth-order valence-corrected chi connectivity index (χ4v) is 6.80. The number of nitrogens with one attached hydrogen (secondary N) is 1. The monoisotopic (exact) mass is 454 g/mol. The van der Waals surface area contributed by atoms with Crippen LogP contribution in [0.4, 0.5) is 5.69 Å². The highest BCUT2D eigenvalue weighted by Gasteiger charge is 2.52. The first-order valence-corrected chi connectivity index (χ1v) is 15.4. The van der Waals surface area contributed by atoms with Gasteiger partial charge in [0.05, 0.1) is 23.5 Å². The number of aliphatic hydroxyl groups is 1. The van der Waals surface area contributed by atoms with Crippen LogP contribution in [0.5, 0.6) is 0 Å². The molecule has 0 radical (unpaired) electrons. The van der Waals surface area contributed by atoms with Crippen molar-refractivity contribution < 1.29 is 9.53 Å². The van der Waals surface area contributed by atoms with E-state index in [9.17, 15) is 5.11 Å². The fraction of sp³-hybridized carbons (Fsp3) is 0.720. The second kappa shape index (κ2) is 7.04. The molecule has 0 bridgehead atoms. The highest BCUT2D eigenvalue weighted by atomic mass is 28.4. The van der Waals surface area contributed by atoms with Crippen molar-refractivity contribution in [2.24, 2.45) is 11.8 Å². The standard InChI is InChI=1S/C25H38N4O2Si/c1-25(2,3)32(4,5)31-18-10-20(26-11-18)21-14-28-12-16(15-6-7-15)9-22(23(28)27-21)29-13-17-8-19(17)24(29)30/h9,12,14-15,17-20,24,26,30H,6-8,10-11,13H2,1-5H3/t17?,18?,19?,20-,24?/m1/s1. The van der Waals surface area contributed by atoms with Gasteiger partial charge in [-0.1, -0.05) is 20.8 Å². The topological polar surface area (TPSA) is 62.0 Å². The third-order valence-electron chi connectivity index (χ3n) is 8.76. The van der Waals surface area contributed by atoms with Gasteiger partial charge in [0.1, 0.15) is 6.23 Å². The van der Waals surface area contributed by atoms with Gasteiger partial charge in [-0.2, -0.15) is 0 Å². The highest BCUT2D eigenvalue weighted by molar-refractivity contribution is 6.74. The van der Waals surface area contributed by atoms with Gasteiger partial charge in [-0.05, 0) is 67.3 Å². The lowest BCUT2D eigenvalue weighted by Gasteiger charge is -2.38. The molecule has 6 rings (SSSR count). The molecule has 2 aromatic heterocycles. The first-order chi connectivity index (χ1) is 15.1. The van der Waals surface area contributed by atoms with E-state index in [0.717, 1.165) is 36.5 Å². The molecule has 2 aliphatic heterocycles. The maximum Gasteiger partial charge on any atom is 0.192 e. The molecule has 32 heavy (non-hydrogen) atoms. The molecule has 2 saturated carbocycles. The van der Waals surface area contributed by atoms with Crippen molar-refractivity contribution in [3.63, 3.8) is 0 Å². The van der Waals surface area contributed by atoms with E-state index in [1.807, 2.05) is 0 Å². The van der Waals surface area contributed by atoms with Crippen LogP contribution in [0.15, 0.2) is 18.5 Å². The zero-order valence-corrected chi connectivity index (χ0v) is 21.1. The maximum atomic E-state index is 10.8. The summed E-state index contributed by atoms with van der Waals surface area (Å²) in [4.78, 5) is 7.33. The zero-order valence-electron chi connectivity index (χ0n) is 20.1. The van der Waals surface area contributed by atoms with Gasteiger partial charge in [-0.15, -0.1) is 0 Å². The number of aliphatic hydroxyl groups excluding tert-OH is 1. The predicted octanol–water partition coefficient (Wildman–Crippen LogP) is 4.41. The Morgan fingerprint density at radius 3 is 2.62 bits per heavy atom. The lowest BCUT2D eigenvalue weighted by atomic mass is 10.1. The summed E-state index contributed by atoms with van der Waals surface area (Å²) in [5.74, 6) is 1.79. The summed E-state index contributed by atoms with van der Waals surface area (Å²) in [6.07, 6.45) is 9.07. The van der Waals surface area contributed by atoms with Crippen molar-refractivity contribution in [2.75, 3.05) is 18.0 Å². The molecule has 4 heterocycles. The van der Waals surface area contributed by atoms with Crippen LogP contribution in [-0.2, 0) is 4.43 Å². The lowest BCUT2D eigenvalue weighted by molar-refractivity contribution is 0.163. The van der Waals surface area contributed by atoms with Gasteiger partial charge in [-0.3, -0.25) is 0 Å². The van der Waals surface area contributed by atoms with Gasteiger partial charge in [-0.25, -0.2) is 4.98 Å². The highest BCUT2D eigenvalue weighted by Crippen LogP contribution is 2.51. The molecule has 6 nitrogen and oxygen atoms in total. The van der Waals surface area contributed by atoms with Crippen LogP contribution in [0.2, 0.25) is 18.1 Å². The number of piperidine rings is 1.